The number of nitrogens with one attached hydrogen (secondary N) is 1. The van der Waals surface area contributed by atoms with Gasteiger partial charge in [-0.25, -0.2) is 9.97 Å². The van der Waals surface area contributed by atoms with Crippen LogP contribution in [0.15, 0.2) is 54.9 Å². The van der Waals surface area contributed by atoms with E-state index in [4.69, 9.17) is 0 Å². The fraction of sp³-hybridized carbons (Fsp3) is 0.300. The van der Waals surface area contributed by atoms with Gasteiger partial charge in [0.15, 0.2) is 0 Å². The van der Waals surface area contributed by atoms with E-state index in [1.807, 2.05) is 30.3 Å². The van der Waals surface area contributed by atoms with E-state index in [2.05, 4.69) is 20.2 Å². The van der Waals surface area contributed by atoms with Gasteiger partial charge < -0.3 is 15.1 Å². The van der Waals surface area contributed by atoms with E-state index in [0.717, 1.165) is 5.56 Å². The summed E-state index contributed by atoms with van der Waals surface area (Å²) in [5.41, 5.74) is 0.936. The number of nitrogens with zero attached hydrogens (tertiary/aromatic N) is 4. The third-order valence-corrected chi connectivity index (χ3v) is 4.38. The highest BCUT2D eigenvalue weighted by Crippen LogP contribution is 2.10. The van der Waals surface area contributed by atoms with E-state index in [1.165, 1.54) is 6.08 Å². The number of piperazine rings is 1. The van der Waals surface area contributed by atoms with Crippen molar-refractivity contribution in [3.05, 3.63) is 60.4 Å². The van der Waals surface area contributed by atoms with Gasteiger partial charge in [-0.2, -0.15) is 0 Å². The summed E-state index contributed by atoms with van der Waals surface area (Å²) in [5, 5.41) is 2.73. The van der Waals surface area contributed by atoms with Crippen molar-refractivity contribution in [2.75, 3.05) is 31.1 Å². The van der Waals surface area contributed by atoms with E-state index >= 15 is 0 Å². The standard InChI is InChI=1S/C20H23N5O2/c1-16(23-18(26)9-8-17-6-3-2-4-7-17)19(27)24-12-14-25(15-13-24)20-21-10-5-11-22-20/h2-11,16H,12-15H2,1H3,(H,23,26)/b9-8+/t16-/m0/s1. The summed E-state index contributed by atoms with van der Waals surface area (Å²) in [6, 6.07) is 10.8. The molecule has 0 saturated carbocycles. The smallest absolute Gasteiger partial charge is 0.244 e. The van der Waals surface area contributed by atoms with Crippen LogP contribution in [0.3, 0.4) is 0 Å². The van der Waals surface area contributed by atoms with Crippen LogP contribution >= 0.6 is 0 Å². The minimum absolute atomic E-state index is 0.0786. The van der Waals surface area contributed by atoms with Gasteiger partial charge >= 0.3 is 0 Å². The van der Waals surface area contributed by atoms with Crippen molar-refractivity contribution in [3.63, 3.8) is 0 Å². The van der Waals surface area contributed by atoms with Gasteiger partial charge in [-0.1, -0.05) is 30.3 Å². The van der Waals surface area contributed by atoms with Gasteiger partial charge in [-0.05, 0) is 24.6 Å². The number of carbonyl (C=O) groups excluding carboxylic acids is 2. The Bertz CT molecular complexity index is 787. The van der Waals surface area contributed by atoms with Crippen molar-refractivity contribution in [3.8, 4) is 0 Å². The highest BCUT2D eigenvalue weighted by atomic mass is 16.2. The van der Waals surface area contributed by atoms with Crippen LogP contribution in [-0.4, -0.2) is 58.9 Å². The molecular formula is C20H23N5O2. The Kier molecular flexibility index (Phi) is 6.14. The molecule has 7 heteroatoms. The Morgan fingerprint density at radius 3 is 2.37 bits per heavy atom. The topological polar surface area (TPSA) is 78.4 Å². The highest BCUT2D eigenvalue weighted by Gasteiger charge is 2.26. The second-order valence-electron chi connectivity index (χ2n) is 6.34. The zero-order valence-electron chi connectivity index (χ0n) is 15.3. The van der Waals surface area contributed by atoms with E-state index in [0.29, 0.717) is 32.1 Å². The average molecular weight is 365 g/mol. The molecular weight excluding hydrogens is 342 g/mol. The summed E-state index contributed by atoms with van der Waals surface area (Å²) in [6.45, 7) is 4.21. The van der Waals surface area contributed by atoms with Gasteiger partial charge in [0.05, 0.1) is 0 Å². The van der Waals surface area contributed by atoms with Crippen LogP contribution in [0, 0.1) is 0 Å². The first kappa shape index (κ1) is 18.6. The minimum atomic E-state index is -0.572. The average Bonchev–Trinajstić information content (AvgIpc) is 2.73. The molecule has 0 spiro atoms. The molecule has 0 bridgehead atoms. The predicted molar refractivity (Wildman–Crippen MR) is 104 cm³/mol. The Labute approximate surface area is 158 Å². The molecule has 2 heterocycles. The Morgan fingerprint density at radius 1 is 1.04 bits per heavy atom. The van der Waals surface area contributed by atoms with Crippen molar-refractivity contribution in [1.82, 2.24) is 20.2 Å². The normalized spacial score (nSPS) is 15.6. The van der Waals surface area contributed by atoms with Crippen LogP contribution in [0.2, 0.25) is 0 Å². The van der Waals surface area contributed by atoms with E-state index < -0.39 is 6.04 Å². The lowest BCUT2D eigenvalue weighted by Gasteiger charge is -2.35. The molecule has 1 fully saturated rings. The number of benzene rings is 1. The van der Waals surface area contributed by atoms with Crippen molar-refractivity contribution in [2.45, 2.75) is 13.0 Å². The monoisotopic (exact) mass is 365 g/mol. The molecule has 7 nitrogen and oxygen atoms in total. The molecule has 140 valence electrons. The number of carbonyl (C=O) groups is 2. The van der Waals surface area contributed by atoms with E-state index in [9.17, 15) is 9.59 Å². The van der Waals surface area contributed by atoms with Crippen molar-refractivity contribution in [1.29, 1.82) is 0 Å². The molecule has 1 aromatic heterocycles. The second-order valence-corrected chi connectivity index (χ2v) is 6.34. The zero-order chi connectivity index (χ0) is 19.1. The maximum Gasteiger partial charge on any atom is 0.244 e. The number of hydrogen-bond acceptors (Lipinski definition) is 5. The van der Waals surface area contributed by atoms with Crippen molar-refractivity contribution < 1.29 is 9.59 Å². The largest absolute Gasteiger partial charge is 0.341 e. The fourth-order valence-electron chi connectivity index (χ4n) is 2.91. The van der Waals surface area contributed by atoms with Crippen LogP contribution < -0.4 is 10.2 Å². The number of rotatable bonds is 5. The van der Waals surface area contributed by atoms with Crippen molar-refractivity contribution >= 4 is 23.8 Å². The Morgan fingerprint density at radius 2 is 1.70 bits per heavy atom. The molecule has 0 aliphatic carbocycles. The fourth-order valence-corrected chi connectivity index (χ4v) is 2.91. The van der Waals surface area contributed by atoms with Crippen LogP contribution in [0.1, 0.15) is 12.5 Å². The third kappa shape index (κ3) is 5.13. The Hall–Kier alpha value is -3.22. The summed E-state index contributed by atoms with van der Waals surface area (Å²) in [6.07, 6.45) is 6.59. The lowest BCUT2D eigenvalue weighted by atomic mass is 10.2. The zero-order valence-corrected chi connectivity index (χ0v) is 15.3. The van der Waals surface area contributed by atoms with Gasteiger partial charge in [0.1, 0.15) is 6.04 Å². The molecule has 1 aliphatic rings. The molecule has 27 heavy (non-hydrogen) atoms. The molecule has 1 N–H and O–H groups in total. The lowest BCUT2D eigenvalue weighted by molar-refractivity contribution is -0.135. The van der Waals surface area contributed by atoms with E-state index in [1.54, 1.807) is 36.4 Å². The predicted octanol–water partition coefficient (Wildman–Crippen LogP) is 1.34. The summed E-state index contributed by atoms with van der Waals surface area (Å²) in [4.78, 5) is 36.9. The molecule has 1 atom stereocenters. The first-order chi connectivity index (χ1) is 13.1. The van der Waals surface area contributed by atoms with Gasteiger partial charge in [0, 0.05) is 44.6 Å². The number of anilines is 1. The van der Waals surface area contributed by atoms with Crippen LogP contribution in [0.4, 0.5) is 5.95 Å². The molecule has 2 aromatic rings. The Balaban J connectivity index is 1.48. The molecule has 0 unspecified atom stereocenters. The minimum Gasteiger partial charge on any atom is -0.341 e. The first-order valence-corrected chi connectivity index (χ1v) is 8.98. The summed E-state index contributed by atoms with van der Waals surface area (Å²) in [5.74, 6) is 0.318. The SMILES string of the molecule is C[C@H](NC(=O)/C=C/c1ccccc1)C(=O)N1CCN(c2ncccn2)CC1. The first-order valence-electron chi connectivity index (χ1n) is 8.98. The molecule has 1 aromatic carbocycles. The van der Waals surface area contributed by atoms with Crippen LogP contribution in [0.25, 0.3) is 6.08 Å². The molecule has 0 radical (unpaired) electrons. The molecule has 2 amide bonds. The summed E-state index contributed by atoms with van der Waals surface area (Å²) in [7, 11) is 0. The van der Waals surface area contributed by atoms with Gasteiger partial charge in [0.2, 0.25) is 17.8 Å². The summed E-state index contributed by atoms with van der Waals surface area (Å²) >= 11 is 0. The van der Waals surface area contributed by atoms with Crippen molar-refractivity contribution in [2.24, 2.45) is 0 Å². The van der Waals surface area contributed by atoms with Gasteiger partial charge in [0.25, 0.3) is 0 Å². The van der Waals surface area contributed by atoms with Gasteiger partial charge in [-0.15, -0.1) is 0 Å². The van der Waals surface area contributed by atoms with E-state index in [-0.39, 0.29) is 11.8 Å². The van der Waals surface area contributed by atoms with Crippen LogP contribution in [0.5, 0.6) is 0 Å². The number of aromatic nitrogens is 2. The molecule has 1 saturated heterocycles. The third-order valence-electron chi connectivity index (χ3n) is 4.38. The lowest BCUT2D eigenvalue weighted by Crippen LogP contribution is -2.54. The number of hydrogen-bond donors (Lipinski definition) is 1. The highest BCUT2D eigenvalue weighted by molar-refractivity contribution is 5.95. The maximum atomic E-state index is 12.6. The molecule has 1 aliphatic heterocycles. The molecule has 3 rings (SSSR count). The quantitative estimate of drug-likeness (QED) is 0.809. The van der Waals surface area contributed by atoms with Gasteiger partial charge in [-0.3, -0.25) is 9.59 Å². The summed E-state index contributed by atoms with van der Waals surface area (Å²) < 4.78 is 0. The number of amides is 2. The van der Waals surface area contributed by atoms with Crippen LogP contribution in [-0.2, 0) is 9.59 Å². The second kappa shape index (κ2) is 8.93. The maximum absolute atomic E-state index is 12.6.